The van der Waals surface area contributed by atoms with E-state index in [2.05, 4.69) is 15.6 Å². The first-order valence-electron chi connectivity index (χ1n) is 9.22. The van der Waals surface area contributed by atoms with E-state index >= 15 is 0 Å². The van der Waals surface area contributed by atoms with Gasteiger partial charge in [-0.15, -0.1) is 0 Å². The van der Waals surface area contributed by atoms with Gasteiger partial charge in [0.1, 0.15) is 11.5 Å². The van der Waals surface area contributed by atoms with Crippen LogP contribution in [0.5, 0.6) is 11.5 Å². The normalized spacial score (nSPS) is 21.5. The predicted molar refractivity (Wildman–Crippen MR) is 119 cm³/mol. The number of nitrogens with zero attached hydrogens (tertiary/aromatic N) is 1. The molecule has 30 heavy (non-hydrogen) atoms. The number of fused-ring (bicyclic) bond motifs is 1. The monoisotopic (exact) mass is 447 g/mol. The topological polar surface area (TPSA) is 106 Å². The van der Waals surface area contributed by atoms with Crippen molar-refractivity contribution in [2.45, 2.75) is 11.3 Å². The first kappa shape index (κ1) is 20.5. The number of hydrogen-bond donors (Lipinski definition) is 2. The number of carbonyl (C=O) groups excluding carboxylic acids is 1. The molecular formula is C20H21N3O5S2. The Morgan fingerprint density at radius 1 is 1.13 bits per heavy atom. The number of aliphatic imine (C=N–C) groups is 1. The third-order valence-corrected chi connectivity index (χ3v) is 7.99. The number of ether oxygens (including phenoxy) is 2. The Balaban J connectivity index is 1.46. The number of rotatable bonds is 5. The van der Waals surface area contributed by atoms with Crippen molar-refractivity contribution >= 4 is 44.0 Å². The van der Waals surface area contributed by atoms with Crippen molar-refractivity contribution in [3.63, 3.8) is 0 Å². The highest BCUT2D eigenvalue weighted by Gasteiger charge is 2.42. The Hall–Kier alpha value is -2.72. The van der Waals surface area contributed by atoms with Gasteiger partial charge < -0.3 is 20.1 Å². The molecule has 0 spiro atoms. The molecule has 2 aromatic rings. The van der Waals surface area contributed by atoms with E-state index in [1.165, 1.54) is 18.9 Å². The molecule has 2 aliphatic rings. The summed E-state index contributed by atoms with van der Waals surface area (Å²) >= 11 is 1.43. The van der Waals surface area contributed by atoms with Crippen LogP contribution in [-0.2, 0) is 9.84 Å². The van der Waals surface area contributed by atoms with Crippen molar-refractivity contribution in [2.24, 2.45) is 4.99 Å². The largest absolute Gasteiger partial charge is 0.497 e. The molecular weight excluding hydrogens is 426 g/mol. The van der Waals surface area contributed by atoms with E-state index in [-0.39, 0.29) is 28.7 Å². The van der Waals surface area contributed by atoms with E-state index in [0.717, 1.165) is 0 Å². The SMILES string of the molecule is COc1ccc(NC(=O)c2cccc(NC3=N[C@H]4CS(=O)(=O)C[C@H]4S3)c2)c(OC)c1. The van der Waals surface area contributed by atoms with E-state index in [4.69, 9.17) is 9.47 Å². The standard InChI is InChI=1S/C20H21N3O5S2/c1-27-14-6-7-15(17(9-14)28-2)22-19(24)12-4-3-5-13(8-12)21-20-23-16-10-30(25,26)11-18(16)29-20/h3-9,16,18H,10-11H2,1-2H3,(H,21,23)(H,22,24)/t16-,18+/m0/s1. The molecule has 0 aliphatic carbocycles. The molecule has 0 bridgehead atoms. The van der Waals surface area contributed by atoms with Gasteiger partial charge in [-0.25, -0.2) is 8.42 Å². The Morgan fingerprint density at radius 3 is 2.70 bits per heavy atom. The molecule has 0 aromatic heterocycles. The van der Waals surface area contributed by atoms with Crippen LogP contribution in [-0.4, -0.2) is 56.5 Å². The molecule has 0 unspecified atom stereocenters. The smallest absolute Gasteiger partial charge is 0.255 e. The summed E-state index contributed by atoms with van der Waals surface area (Å²) in [7, 11) is 0.0970. The second-order valence-electron chi connectivity index (χ2n) is 6.96. The minimum Gasteiger partial charge on any atom is -0.497 e. The molecule has 8 nitrogen and oxygen atoms in total. The summed E-state index contributed by atoms with van der Waals surface area (Å²) < 4.78 is 33.9. The van der Waals surface area contributed by atoms with Crippen molar-refractivity contribution in [1.29, 1.82) is 0 Å². The highest BCUT2D eigenvalue weighted by molar-refractivity contribution is 8.15. The van der Waals surface area contributed by atoms with Gasteiger partial charge in [0.2, 0.25) is 0 Å². The van der Waals surface area contributed by atoms with Crippen molar-refractivity contribution < 1.29 is 22.7 Å². The summed E-state index contributed by atoms with van der Waals surface area (Å²) in [5.41, 5.74) is 1.70. The number of amides is 1. The average Bonchev–Trinajstić information content (AvgIpc) is 3.20. The summed E-state index contributed by atoms with van der Waals surface area (Å²) in [6.07, 6.45) is 0. The van der Waals surface area contributed by atoms with Gasteiger partial charge >= 0.3 is 0 Å². The number of carbonyl (C=O) groups is 1. The van der Waals surface area contributed by atoms with Crippen LogP contribution in [0.2, 0.25) is 0 Å². The van der Waals surface area contributed by atoms with Gasteiger partial charge in [-0.2, -0.15) is 0 Å². The van der Waals surface area contributed by atoms with E-state index < -0.39 is 9.84 Å². The maximum absolute atomic E-state index is 12.7. The van der Waals surface area contributed by atoms with Crippen LogP contribution in [0.1, 0.15) is 10.4 Å². The summed E-state index contributed by atoms with van der Waals surface area (Å²) in [6, 6.07) is 12.0. The molecule has 0 saturated carbocycles. The summed E-state index contributed by atoms with van der Waals surface area (Å²) in [5.74, 6) is 1.09. The second-order valence-corrected chi connectivity index (χ2v) is 10.3. The molecule has 158 valence electrons. The van der Waals surface area contributed by atoms with Gasteiger partial charge in [0.05, 0.1) is 37.5 Å². The Labute approximate surface area is 179 Å². The van der Waals surface area contributed by atoms with Crippen LogP contribution >= 0.6 is 11.8 Å². The predicted octanol–water partition coefficient (Wildman–Crippen LogP) is 2.64. The third kappa shape index (κ3) is 4.39. The van der Waals surface area contributed by atoms with Crippen LogP contribution in [0.3, 0.4) is 0 Å². The molecule has 0 radical (unpaired) electrons. The third-order valence-electron chi connectivity index (χ3n) is 4.85. The van der Waals surface area contributed by atoms with Crippen LogP contribution < -0.4 is 20.1 Å². The lowest BCUT2D eigenvalue weighted by Crippen LogP contribution is -2.14. The van der Waals surface area contributed by atoms with Gasteiger partial charge in [-0.1, -0.05) is 17.8 Å². The molecule has 2 atom stereocenters. The maximum atomic E-state index is 12.7. The van der Waals surface area contributed by atoms with E-state index in [1.54, 1.807) is 43.5 Å². The number of sulfone groups is 1. The zero-order chi connectivity index (χ0) is 21.3. The van der Waals surface area contributed by atoms with Gasteiger partial charge in [0, 0.05) is 22.6 Å². The van der Waals surface area contributed by atoms with Gasteiger partial charge in [-0.05, 0) is 30.3 Å². The molecule has 1 amide bonds. The minimum absolute atomic E-state index is 0.0356. The Morgan fingerprint density at radius 2 is 1.97 bits per heavy atom. The first-order chi connectivity index (χ1) is 14.4. The highest BCUT2D eigenvalue weighted by atomic mass is 32.2. The number of benzene rings is 2. The van der Waals surface area contributed by atoms with E-state index in [9.17, 15) is 13.2 Å². The Kier molecular flexibility index (Phi) is 5.61. The second kappa shape index (κ2) is 8.19. The number of hydrogen-bond acceptors (Lipinski definition) is 8. The van der Waals surface area contributed by atoms with Crippen LogP contribution in [0.15, 0.2) is 47.5 Å². The number of amidine groups is 1. The van der Waals surface area contributed by atoms with Crippen LogP contribution in [0.4, 0.5) is 11.4 Å². The molecule has 10 heteroatoms. The van der Waals surface area contributed by atoms with Crippen molar-refractivity contribution in [3.05, 3.63) is 48.0 Å². The molecule has 1 saturated heterocycles. The summed E-state index contributed by atoms with van der Waals surface area (Å²) in [4.78, 5) is 17.2. The summed E-state index contributed by atoms with van der Waals surface area (Å²) in [5, 5.41) is 6.67. The Bertz CT molecular complexity index is 1120. The molecule has 4 rings (SSSR count). The first-order valence-corrected chi connectivity index (χ1v) is 11.9. The average molecular weight is 448 g/mol. The number of anilines is 2. The van der Waals surface area contributed by atoms with Gasteiger partial charge in [0.25, 0.3) is 5.91 Å². The quantitative estimate of drug-likeness (QED) is 0.726. The lowest BCUT2D eigenvalue weighted by Gasteiger charge is -2.12. The van der Waals surface area contributed by atoms with Gasteiger partial charge in [-0.3, -0.25) is 9.79 Å². The lowest BCUT2D eigenvalue weighted by molar-refractivity contribution is 0.102. The zero-order valence-corrected chi connectivity index (χ0v) is 18.0. The van der Waals surface area contributed by atoms with E-state index in [1.807, 2.05) is 6.07 Å². The van der Waals surface area contributed by atoms with Crippen molar-refractivity contribution in [2.75, 3.05) is 36.4 Å². The fourth-order valence-electron chi connectivity index (χ4n) is 3.37. The van der Waals surface area contributed by atoms with Crippen molar-refractivity contribution in [3.8, 4) is 11.5 Å². The molecule has 1 fully saturated rings. The molecule has 2 heterocycles. The fourth-order valence-corrected chi connectivity index (χ4v) is 7.05. The van der Waals surface area contributed by atoms with Crippen LogP contribution in [0, 0.1) is 0 Å². The molecule has 2 N–H and O–H groups in total. The number of methoxy groups -OCH3 is 2. The van der Waals surface area contributed by atoms with E-state index in [0.29, 0.717) is 33.6 Å². The number of nitrogens with one attached hydrogen (secondary N) is 2. The number of thioether (sulfide) groups is 1. The fraction of sp³-hybridized carbons (Fsp3) is 0.300. The lowest BCUT2D eigenvalue weighted by atomic mass is 10.1. The zero-order valence-electron chi connectivity index (χ0n) is 16.4. The molecule has 2 aliphatic heterocycles. The minimum atomic E-state index is -2.99. The van der Waals surface area contributed by atoms with Gasteiger partial charge in [0.15, 0.2) is 15.0 Å². The maximum Gasteiger partial charge on any atom is 0.255 e. The highest BCUT2D eigenvalue weighted by Crippen LogP contribution is 2.35. The molecule has 2 aromatic carbocycles. The summed E-state index contributed by atoms with van der Waals surface area (Å²) in [6.45, 7) is 0. The van der Waals surface area contributed by atoms with Crippen LogP contribution in [0.25, 0.3) is 0 Å². The van der Waals surface area contributed by atoms with Crippen molar-refractivity contribution in [1.82, 2.24) is 0 Å².